The van der Waals surface area contributed by atoms with E-state index in [1.165, 1.54) is 12.1 Å². The molecule has 2 N–H and O–H groups in total. The highest BCUT2D eigenvalue weighted by Gasteiger charge is 2.10. The molecule has 1 heterocycles. The van der Waals surface area contributed by atoms with Crippen molar-refractivity contribution >= 4 is 27.7 Å². The molecule has 0 atom stereocenters. The lowest BCUT2D eigenvalue weighted by Crippen LogP contribution is -2.12. The third-order valence-corrected chi connectivity index (χ3v) is 4.38. The molecule has 2 rings (SSSR count). The van der Waals surface area contributed by atoms with Crippen LogP contribution in [0.3, 0.4) is 0 Å². The number of hydrogen-bond donors (Lipinski definition) is 1. The quantitative estimate of drug-likeness (QED) is 0.847. The Hall–Kier alpha value is -0.920. The van der Waals surface area contributed by atoms with Crippen LogP contribution in [0.15, 0.2) is 27.8 Å². The third-order valence-electron chi connectivity index (χ3n) is 2.63. The third kappa shape index (κ3) is 3.55. The normalized spacial score (nSPS) is 10.9. The second-order valence-electron chi connectivity index (χ2n) is 3.99. The van der Waals surface area contributed by atoms with Crippen LogP contribution in [0.1, 0.15) is 11.4 Å². The summed E-state index contributed by atoms with van der Waals surface area (Å²) >= 11 is 4.92. The first kappa shape index (κ1) is 14.5. The van der Waals surface area contributed by atoms with Crippen LogP contribution >= 0.6 is 27.7 Å². The highest BCUT2D eigenvalue weighted by molar-refractivity contribution is 9.10. The molecule has 7 heteroatoms. The first-order chi connectivity index (χ1) is 9.11. The number of nitrogens with two attached hydrogens (primary N) is 1. The maximum Gasteiger partial charge on any atom is 0.191 e. The van der Waals surface area contributed by atoms with Crippen molar-refractivity contribution in [2.24, 2.45) is 5.73 Å². The van der Waals surface area contributed by atoms with Crippen LogP contribution in [0.2, 0.25) is 0 Å². The van der Waals surface area contributed by atoms with E-state index in [2.05, 4.69) is 26.1 Å². The van der Waals surface area contributed by atoms with Crippen molar-refractivity contribution in [3.63, 3.8) is 0 Å². The van der Waals surface area contributed by atoms with Crippen molar-refractivity contribution in [3.8, 4) is 0 Å². The lowest BCUT2D eigenvalue weighted by molar-refractivity contribution is 0.625. The van der Waals surface area contributed by atoms with E-state index in [4.69, 9.17) is 5.73 Å². The van der Waals surface area contributed by atoms with Gasteiger partial charge in [0.1, 0.15) is 11.6 Å². The first-order valence-electron chi connectivity index (χ1n) is 5.78. The van der Waals surface area contributed by atoms with E-state index in [1.807, 2.05) is 11.5 Å². The standard InChI is InChI=1S/C12H14BrFN4S/c1-8-16-17-12(18(8)5-4-15)19-7-9-2-3-10(14)6-11(9)13/h2-3,6H,4-5,7,15H2,1H3. The zero-order chi connectivity index (χ0) is 13.8. The molecule has 1 aromatic carbocycles. The van der Waals surface area contributed by atoms with Crippen molar-refractivity contribution in [2.75, 3.05) is 6.54 Å². The lowest BCUT2D eigenvalue weighted by atomic mass is 10.2. The van der Waals surface area contributed by atoms with Crippen LogP contribution < -0.4 is 5.73 Å². The van der Waals surface area contributed by atoms with Crippen molar-refractivity contribution in [3.05, 3.63) is 39.9 Å². The molecule has 19 heavy (non-hydrogen) atoms. The van der Waals surface area contributed by atoms with Crippen molar-refractivity contribution in [1.29, 1.82) is 0 Å². The van der Waals surface area contributed by atoms with Gasteiger partial charge in [-0.05, 0) is 24.6 Å². The van der Waals surface area contributed by atoms with Crippen LogP contribution in [0.25, 0.3) is 0 Å². The molecule has 0 amide bonds. The summed E-state index contributed by atoms with van der Waals surface area (Å²) in [7, 11) is 0. The summed E-state index contributed by atoms with van der Waals surface area (Å²) in [5, 5.41) is 9.01. The SMILES string of the molecule is Cc1nnc(SCc2ccc(F)cc2Br)n1CCN. The topological polar surface area (TPSA) is 56.7 Å². The van der Waals surface area contributed by atoms with Crippen LogP contribution in [-0.4, -0.2) is 21.3 Å². The van der Waals surface area contributed by atoms with E-state index in [1.54, 1.807) is 17.8 Å². The first-order valence-corrected chi connectivity index (χ1v) is 7.56. The number of aromatic nitrogens is 3. The predicted molar refractivity (Wildman–Crippen MR) is 77.5 cm³/mol. The van der Waals surface area contributed by atoms with E-state index in [0.717, 1.165) is 21.0 Å². The van der Waals surface area contributed by atoms with E-state index in [-0.39, 0.29) is 5.82 Å². The number of thioether (sulfide) groups is 1. The molecular weight excluding hydrogens is 331 g/mol. The molecule has 4 nitrogen and oxygen atoms in total. The molecule has 0 fully saturated rings. The average molecular weight is 345 g/mol. The molecule has 0 unspecified atom stereocenters. The van der Waals surface area contributed by atoms with E-state index >= 15 is 0 Å². The van der Waals surface area contributed by atoms with Gasteiger partial charge < -0.3 is 10.3 Å². The second kappa shape index (κ2) is 6.49. The molecule has 0 spiro atoms. The van der Waals surface area contributed by atoms with Crippen molar-refractivity contribution in [1.82, 2.24) is 14.8 Å². The monoisotopic (exact) mass is 344 g/mol. The Morgan fingerprint density at radius 2 is 2.21 bits per heavy atom. The summed E-state index contributed by atoms with van der Waals surface area (Å²) in [6.45, 7) is 3.15. The summed E-state index contributed by atoms with van der Waals surface area (Å²) < 4.78 is 15.8. The smallest absolute Gasteiger partial charge is 0.191 e. The Morgan fingerprint density at radius 3 is 2.89 bits per heavy atom. The molecule has 1 aromatic heterocycles. The van der Waals surface area contributed by atoms with Gasteiger partial charge in [0.2, 0.25) is 0 Å². The fraction of sp³-hybridized carbons (Fsp3) is 0.333. The second-order valence-corrected chi connectivity index (χ2v) is 5.79. The van der Waals surface area contributed by atoms with Crippen LogP contribution in [0.4, 0.5) is 4.39 Å². The molecule has 0 radical (unpaired) electrons. The van der Waals surface area contributed by atoms with Gasteiger partial charge in [-0.3, -0.25) is 0 Å². The minimum Gasteiger partial charge on any atom is -0.329 e. The molecule has 0 aliphatic carbocycles. The van der Waals surface area contributed by atoms with Gasteiger partial charge in [0.25, 0.3) is 0 Å². The lowest BCUT2D eigenvalue weighted by Gasteiger charge is -2.07. The Labute approximate surface area is 123 Å². The fourth-order valence-corrected chi connectivity index (χ4v) is 3.33. The molecule has 102 valence electrons. The maximum absolute atomic E-state index is 13.0. The van der Waals surface area contributed by atoms with Crippen molar-refractivity contribution < 1.29 is 4.39 Å². The van der Waals surface area contributed by atoms with E-state index in [9.17, 15) is 4.39 Å². The molecule has 0 saturated heterocycles. The zero-order valence-corrected chi connectivity index (χ0v) is 12.8. The highest BCUT2D eigenvalue weighted by atomic mass is 79.9. The fourth-order valence-electron chi connectivity index (χ4n) is 1.64. The molecule has 2 aromatic rings. The molecule has 0 saturated carbocycles. The molecule has 0 aliphatic heterocycles. The number of aryl methyl sites for hydroxylation is 1. The summed E-state index contributed by atoms with van der Waals surface area (Å²) in [5.74, 6) is 1.30. The summed E-state index contributed by atoms with van der Waals surface area (Å²) in [4.78, 5) is 0. The van der Waals surface area contributed by atoms with Gasteiger partial charge in [0.15, 0.2) is 5.16 Å². The maximum atomic E-state index is 13.0. The van der Waals surface area contributed by atoms with Crippen LogP contribution in [-0.2, 0) is 12.3 Å². The number of benzene rings is 1. The van der Waals surface area contributed by atoms with Gasteiger partial charge in [-0.15, -0.1) is 10.2 Å². The minimum absolute atomic E-state index is 0.247. The molecular formula is C12H14BrFN4S. The Balaban J connectivity index is 2.10. The van der Waals surface area contributed by atoms with Gasteiger partial charge in [0.05, 0.1) is 0 Å². The van der Waals surface area contributed by atoms with Crippen molar-refractivity contribution in [2.45, 2.75) is 24.4 Å². The average Bonchev–Trinajstić information content (AvgIpc) is 2.71. The van der Waals surface area contributed by atoms with Gasteiger partial charge >= 0.3 is 0 Å². The predicted octanol–water partition coefficient (Wildman–Crippen LogP) is 2.74. The largest absolute Gasteiger partial charge is 0.329 e. The number of halogens is 2. The number of hydrogen-bond acceptors (Lipinski definition) is 4. The van der Waals surface area contributed by atoms with Gasteiger partial charge in [-0.1, -0.05) is 33.8 Å². The van der Waals surface area contributed by atoms with E-state index < -0.39 is 0 Å². The number of rotatable bonds is 5. The van der Waals surface area contributed by atoms with Gasteiger partial charge in [-0.2, -0.15) is 0 Å². The Kier molecular flexibility index (Phi) is 4.95. The van der Waals surface area contributed by atoms with Gasteiger partial charge in [-0.25, -0.2) is 4.39 Å². The minimum atomic E-state index is -0.247. The summed E-state index contributed by atoms with van der Waals surface area (Å²) in [5.41, 5.74) is 6.59. The molecule has 0 bridgehead atoms. The number of nitrogens with zero attached hydrogens (tertiary/aromatic N) is 3. The zero-order valence-electron chi connectivity index (χ0n) is 10.4. The van der Waals surface area contributed by atoms with E-state index in [0.29, 0.717) is 18.8 Å². The van der Waals surface area contributed by atoms with Crippen LogP contribution in [0, 0.1) is 12.7 Å². The summed E-state index contributed by atoms with van der Waals surface area (Å²) in [6, 6.07) is 4.69. The Morgan fingerprint density at radius 1 is 1.42 bits per heavy atom. The highest BCUT2D eigenvalue weighted by Crippen LogP contribution is 2.26. The Bertz CT molecular complexity index is 573. The van der Waals surface area contributed by atoms with Gasteiger partial charge in [0, 0.05) is 23.3 Å². The molecule has 0 aliphatic rings. The summed E-state index contributed by atoms with van der Waals surface area (Å²) in [6.07, 6.45) is 0. The van der Waals surface area contributed by atoms with Crippen LogP contribution in [0.5, 0.6) is 0 Å².